The average molecular weight is 357 g/mol. The summed E-state index contributed by atoms with van der Waals surface area (Å²) in [7, 11) is 0. The van der Waals surface area contributed by atoms with Crippen molar-refractivity contribution < 1.29 is 27.9 Å². The quantitative estimate of drug-likeness (QED) is 0.860. The Morgan fingerprint density at radius 2 is 1.88 bits per heavy atom. The molecule has 1 saturated heterocycles. The SMILES string of the molecule is O=C(O)C1CC1C(=O)NC1CCN(c2ccc(C(F)(F)F)cn2)CC1. The summed E-state index contributed by atoms with van der Waals surface area (Å²) in [6, 6.07) is 2.31. The standard InChI is InChI=1S/C16H18F3N3O3/c17-16(18,19)9-1-2-13(20-8-9)22-5-3-10(4-6-22)21-14(23)11-7-12(11)15(24)25/h1-2,8,10-12H,3-7H2,(H,21,23)(H,24,25). The van der Waals surface area contributed by atoms with Crippen molar-refractivity contribution in [1.82, 2.24) is 10.3 Å². The van der Waals surface area contributed by atoms with E-state index in [2.05, 4.69) is 10.3 Å². The molecule has 1 aromatic rings. The highest BCUT2D eigenvalue weighted by molar-refractivity contribution is 5.89. The van der Waals surface area contributed by atoms with Crippen LogP contribution in [0.3, 0.4) is 0 Å². The second kappa shape index (κ2) is 6.53. The molecule has 9 heteroatoms. The number of piperidine rings is 1. The number of carboxylic acids is 1. The highest BCUT2D eigenvalue weighted by atomic mass is 19.4. The number of aliphatic carboxylic acids is 1. The predicted octanol–water partition coefficient (Wildman–Crippen LogP) is 1.91. The number of carboxylic acid groups (broad SMARTS) is 1. The minimum absolute atomic E-state index is 0.0479. The monoisotopic (exact) mass is 357 g/mol. The second-order valence-electron chi connectivity index (χ2n) is 6.46. The Morgan fingerprint density at radius 3 is 2.36 bits per heavy atom. The fourth-order valence-corrected chi connectivity index (χ4v) is 3.06. The molecular weight excluding hydrogens is 339 g/mol. The first-order valence-corrected chi connectivity index (χ1v) is 8.07. The molecule has 136 valence electrons. The molecule has 2 fully saturated rings. The van der Waals surface area contributed by atoms with E-state index in [9.17, 15) is 22.8 Å². The van der Waals surface area contributed by atoms with Crippen molar-refractivity contribution in [3.63, 3.8) is 0 Å². The van der Waals surface area contributed by atoms with Gasteiger partial charge in [-0.3, -0.25) is 9.59 Å². The third kappa shape index (κ3) is 4.02. The Kier molecular flexibility index (Phi) is 4.57. The van der Waals surface area contributed by atoms with E-state index in [4.69, 9.17) is 5.11 Å². The molecule has 1 saturated carbocycles. The lowest BCUT2D eigenvalue weighted by atomic mass is 10.0. The fourth-order valence-electron chi connectivity index (χ4n) is 3.06. The lowest BCUT2D eigenvalue weighted by Crippen LogP contribution is -2.45. The number of hydrogen-bond donors (Lipinski definition) is 2. The molecule has 1 aromatic heterocycles. The third-order valence-electron chi connectivity index (χ3n) is 4.68. The van der Waals surface area contributed by atoms with Gasteiger partial charge in [-0.1, -0.05) is 0 Å². The molecule has 0 bridgehead atoms. The molecule has 1 amide bonds. The molecule has 1 aliphatic heterocycles. The van der Waals surface area contributed by atoms with E-state index in [1.165, 1.54) is 6.07 Å². The maximum Gasteiger partial charge on any atom is 0.417 e. The minimum atomic E-state index is -4.40. The first-order valence-electron chi connectivity index (χ1n) is 8.07. The van der Waals surface area contributed by atoms with Crippen molar-refractivity contribution >= 4 is 17.7 Å². The topological polar surface area (TPSA) is 82.5 Å². The molecule has 3 rings (SSSR count). The van der Waals surface area contributed by atoms with Gasteiger partial charge in [0.15, 0.2) is 0 Å². The average Bonchev–Trinajstić information content (AvgIpc) is 3.36. The number of aromatic nitrogens is 1. The number of nitrogens with one attached hydrogen (secondary N) is 1. The van der Waals surface area contributed by atoms with Crippen LogP contribution >= 0.6 is 0 Å². The Morgan fingerprint density at radius 1 is 1.20 bits per heavy atom. The van der Waals surface area contributed by atoms with E-state index >= 15 is 0 Å². The van der Waals surface area contributed by atoms with Crippen LogP contribution in [0.15, 0.2) is 18.3 Å². The van der Waals surface area contributed by atoms with Gasteiger partial charge in [-0.2, -0.15) is 13.2 Å². The molecule has 6 nitrogen and oxygen atoms in total. The zero-order valence-electron chi connectivity index (χ0n) is 13.3. The number of alkyl halides is 3. The predicted molar refractivity (Wildman–Crippen MR) is 81.8 cm³/mol. The second-order valence-corrected chi connectivity index (χ2v) is 6.46. The molecule has 2 heterocycles. The summed E-state index contributed by atoms with van der Waals surface area (Å²) in [5, 5.41) is 11.7. The molecule has 2 N–H and O–H groups in total. The highest BCUT2D eigenvalue weighted by Crippen LogP contribution is 2.39. The maximum absolute atomic E-state index is 12.6. The van der Waals surface area contributed by atoms with Gasteiger partial charge < -0.3 is 15.3 Å². The summed E-state index contributed by atoms with van der Waals surface area (Å²) in [6.45, 7) is 1.13. The van der Waals surface area contributed by atoms with Crippen LogP contribution in [0.25, 0.3) is 0 Å². The number of carbonyl (C=O) groups is 2. The molecule has 2 atom stereocenters. The number of rotatable bonds is 4. The van der Waals surface area contributed by atoms with Crippen LogP contribution in [0, 0.1) is 11.8 Å². The molecule has 2 aliphatic rings. The van der Waals surface area contributed by atoms with Crippen LogP contribution in [0.5, 0.6) is 0 Å². The largest absolute Gasteiger partial charge is 0.481 e. The number of halogens is 3. The van der Waals surface area contributed by atoms with E-state index in [0.29, 0.717) is 38.2 Å². The van der Waals surface area contributed by atoms with Crippen LogP contribution in [-0.4, -0.2) is 41.1 Å². The van der Waals surface area contributed by atoms with E-state index in [-0.39, 0.29) is 11.9 Å². The van der Waals surface area contributed by atoms with Crippen molar-refractivity contribution in [1.29, 1.82) is 0 Å². The highest BCUT2D eigenvalue weighted by Gasteiger charge is 2.48. The fraction of sp³-hybridized carbons (Fsp3) is 0.562. The van der Waals surface area contributed by atoms with Gasteiger partial charge in [0.1, 0.15) is 5.82 Å². The summed E-state index contributed by atoms with van der Waals surface area (Å²) < 4.78 is 37.7. The molecule has 2 unspecified atom stereocenters. The number of nitrogens with zero attached hydrogens (tertiary/aromatic N) is 2. The summed E-state index contributed by atoms with van der Waals surface area (Å²) in [6.07, 6.45) is -1.92. The smallest absolute Gasteiger partial charge is 0.417 e. The minimum Gasteiger partial charge on any atom is -0.481 e. The number of anilines is 1. The van der Waals surface area contributed by atoms with Gasteiger partial charge in [-0.25, -0.2) is 4.98 Å². The lowest BCUT2D eigenvalue weighted by Gasteiger charge is -2.33. The Bertz CT molecular complexity index is 655. The van der Waals surface area contributed by atoms with Crippen LogP contribution in [-0.2, 0) is 15.8 Å². The van der Waals surface area contributed by atoms with Gasteiger partial charge in [0.2, 0.25) is 5.91 Å². The molecule has 0 radical (unpaired) electrons. The molecular formula is C16H18F3N3O3. The third-order valence-corrected chi connectivity index (χ3v) is 4.68. The normalized spacial score (nSPS) is 24.0. The van der Waals surface area contributed by atoms with Gasteiger partial charge in [-0.05, 0) is 31.4 Å². The molecule has 25 heavy (non-hydrogen) atoms. The van der Waals surface area contributed by atoms with Crippen molar-refractivity contribution in [2.45, 2.75) is 31.5 Å². The molecule has 1 aliphatic carbocycles. The van der Waals surface area contributed by atoms with E-state index in [1.807, 2.05) is 4.90 Å². The van der Waals surface area contributed by atoms with E-state index < -0.39 is 29.5 Å². The summed E-state index contributed by atoms with van der Waals surface area (Å²) in [4.78, 5) is 28.5. The van der Waals surface area contributed by atoms with Gasteiger partial charge in [0.25, 0.3) is 0 Å². The zero-order valence-corrected chi connectivity index (χ0v) is 13.3. The summed E-state index contributed by atoms with van der Waals surface area (Å²) in [5.74, 6) is -1.70. The van der Waals surface area contributed by atoms with Crippen LogP contribution in [0.1, 0.15) is 24.8 Å². The lowest BCUT2D eigenvalue weighted by molar-refractivity contribution is -0.140. The number of hydrogen-bond acceptors (Lipinski definition) is 4. The summed E-state index contributed by atoms with van der Waals surface area (Å²) >= 11 is 0. The maximum atomic E-state index is 12.6. The van der Waals surface area contributed by atoms with Gasteiger partial charge in [-0.15, -0.1) is 0 Å². The van der Waals surface area contributed by atoms with Crippen LogP contribution in [0.4, 0.5) is 19.0 Å². The Labute approximate surface area is 142 Å². The first kappa shape index (κ1) is 17.5. The van der Waals surface area contributed by atoms with Crippen molar-refractivity contribution in [3.05, 3.63) is 23.9 Å². The van der Waals surface area contributed by atoms with Gasteiger partial charge in [0.05, 0.1) is 17.4 Å². The first-order chi connectivity index (χ1) is 11.8. The molecule has 0 aromatic carbocycles. The number of pyridine rings is 1. The number of carbonyl (C=O) groups excluding carboxylic acids is 1. The number of amides is 1. The van der Waals surface area contributed by atoms with Crippen LogP contribution < -0.4 is 10.2 Å². The van der Waals surface area contributed by atoms with Crippen molar-refractivity contribution in [2.24, 2.45) is 11.8 Å². The van der Waals surface area contributed by atoms with Crippen molar-refractivity contribution in [3.8, 4) is 0 Å². The Balaban J connectivity index is 1.49. The van der Waals surface area contributed by atoms with Gasteiger partial charge >= 0.3 is 12.1 Å². The van der Waals surface area contributed by atoms with Crippen molar-refractivity contribution in [2.75, 3.05) is 18.0 Å². The molecule has 0 spiro atoms. The van der Waals surface area contributed by atoms with E-state index in [1.54, 1.807) is 0 Å². The van der Waals surface area contributed by atoms with Gasteiger partial charge in [0, 0.05) is 25.3 Å². The Hall–Kier alpha value is -2.32. The summed E-state index contributed by atoms with van der Waals surface area (Å²) in [5.41, 5.74) is -0.782. The van der Waals surface area contributed by atoms with E-state index in [0.717, 1.165) is 12.3 Å². The zero-order chi connectivity index (χ0) is 18.2. The van der Waals surface area contributed by atoms with Crippen LogP contribution in [0.2, 0.25) is 0 Å².